The normalized spacial score (nSPS) is 14.0. The Kier molecular flexibility index (Phi) is 9.19. The zero-order valence-corrected chi connectivity index (χ0v) is 37.8. The number of para-hydroxylation sites is 2. The fourth-order valence-corrected chi connectivity index (χ4v) is 7.59. The van der Waals surface area contributed by atoms with Crippen molar-refractivity contribution >= 4 is 11.0 Å². The molecule has 0 unspecified atom stereocenters. The topological polar surface area (TPSA) is 50.9 Å². The zero-order valence-electron chi connectivity index (χ0n) is 42.6. The molecule has 0 aliphatic rings. The van der Waals surface area contributed by atoms with Crippen molar-refractivity contribution in [3.63, 3.8) is 0 Å². The minimum Gasteiger partial charge on any atom is -0.507 e. The molecule has 0 aliphatic heterocycles. The van der Waals surface area contributed by atoms with E-state index < -0.39 is 36.6 Å². The Hall–Kier alpha value is -5.57. The largest absolute Gasteiger partial charge is 0.507 e. The quantitative estimate of drug-likeness (QED) is 0.169. The number of fused-ring (bicyclic) bond motifs is 1. The second-order valence-corrected chi connectivity index (χ2v) is 18.4. The molecule has 0 fully saturated rings. The molecule has 1 N–H and O–H groups in total. The SMILES string of the molecule is [2H]c1c([2H])c(-c2ccnc(-c3[c-]c(-c4cccc5c4nc(-c4cc(C(C)(C)C)cc(C(C)(C)C)c4O)n5-c4ccccc4-c4ccccc4)cc(C(C)(C)C)c3)c2)c([2H])c(C([2H])([2H])[2H])c1[2H].[Pt]. The van der Waals surface area contributed by atoms with Crippen LogP contribution in [-0.2, 0) is 37.3 Å². The third-order valence-corrected chi connectivity index (χ3v) is 10.9. The van der Waals surface area contributed by atoms with Gasteiger partial charge in [-0.15, -0.1) is 29.3 Å². The van der Waals surface area contributed by atoms with Crippen molar-refractivity contribution in [1.82, 2.24) is 14.5 Å². The van der Waals surface area contributed by atoms with Crippen molar-refractivity contribution in [2.24, 2.45) is 0 Å². The maximum atomic E-state index is 12.4. The van der Waals surface area contributed by atoms with E-state index in [-0.39, 0.29) is 48.6 Å². The van der Waals surface area contributed by atoms with Crippen LogP contribution < -0.4 is 0 Å². The fraction of sp³-hybridized carbons (Fsp3) is 0.236. The summed E-state index contributed by atoms with van der Waals surface area (Å²) in [5.74, 6) is 0.755. The Labute approximate surface area is 380 Å². The number of nitrogens with zero attached hydrogens (tertiary/aromatic N) is 3. The Balaban J connectivity index is 0.00000666. The maximum Gasteiger partial charge on any atom is 0.148 e. The first-order valence-electron chi connectivity index (χ1n) is 23.6. The number of benzene rings is 6. The molecule has 5 heteroatoms. The summed E-state index contributed by atoms with van der Waals surface area (Å²) in [5.41, 5.74) is 9.29. The molecule has 0 amide bonds. The fourth-order valence-electron chi connectivity index (χ4n) is 7.59. The molecule has 6 aromatic carbocycles. The first kappa shape index (κ1) is 34.2. The summed E-state index contributed by atoms with van der Waals surface area (Å²) in [6, 6.07) is 37.7. The van der Waals surface area contributed by atoms with E-state index in [1.54, 1.807) is 12.1 Å². The Morgan fingerprint density at radius 3 is 2.05 bits per heavy atom. The number of rotatable bonds is 6. The minimum atomic E-state index is -2.83. The van der Waals surface area contributed by atoms with Crippen molar-refractivity contribution < 1.29 is 35.8 Å². The van der Waals surface area contributed by atoms with Crippen LogP contribution in [0.3, 0.4) is 0 Å². The van der Waals surface area contributed by atoms with E-state index in [1.165, 1.54) is 6.20 Å². The van der Waals surface area contributed by atoms with Gasteiger partial charge in [0.05, 0.1) is 27.8 Å². The van der Waals surface area contributed by atoms with Crippen molar-refractivity contribution in [3.05, 3.63) is 168 Å². The maximum absolute atomic E-state index is 12.4. The number of aromatic nitrogens is 3. The first-order chi connectivity index (χ1) is 30.9. The van der Waals surface area contributed by atoms with E-state index in [0.29, 0.717) is 33.7 Å². The summed E-state index contributed by atoms with van der Waals surface area (Å²) in [6.45, 7) is 16.4. The van der Waals surface area contributed by atoms with Crippen LogP contribution in [0.25, 0.3) is 72.7 Å². The second kappa shape index (κ2) is 16.1. The zero-order chi connectivity index (χ0) is 47.8. The molecule has 8 aromatic rings. The van der Waals surface area contributed by atoms with Gasteiger partial charge in [0.2, 0.25) is 0 Å². The van der Waals surface area contributed by atoms with Gasteiger partial charge in [-0.3, -0.25) is 9.55 Å². The Morgan fingerprint density at radius 2 is 1.33 bits per heavy atom. The Bertz CT molecular complexity index is 3190. The van der Waals surface area contributed by atoms with Crippen LogP contribution in [0.15, 0.2) is 140 Å². The van der Waals surface area contributed by atoms with Crippen molar-refractivity contribution in [2.45, 2.75) is 85.4 Å². The average Bonchev–Trinajstić information content (AvgIpc) is 3.64. The van der Waals surface area contributed by atoms with E-state index in [0.717, 1.165) is 50.1 Å². The molecule has 0 bridgehead atoms. The average molecular weight is 975 g/mol. The third kappa shape index (κ3) is 8.28. The monoisotopic (exact) mass is 974 g/mol. The summed E-state index contributed by atoms with van der Waals surface area (Å²) in [4.78, 5) is 10.3. The van der Waals surface area contributed by atoms with E-state index in [2.05, 4.69) is 121 Å². The number of phenols is 1. The minimum absolute atomic E-state index is 0. The molecule has 2 heterocycles. The predicted octanol–water partition coefficient (Wildman–Crippen LogP) is 14.5. The number of imidazole rings is 1. The van der Waals surface area contributed by atoms with Gasteiger partial charge in [0, 0.05) is 48.2 Å². The van der Waals surface area contributed by atoms with Crippen LogP contribution >= 0.6 is 0 Å². The molecule has 0 radical (unpaired) electrons. The predicted molar refractivity (Wildman–Crippen MR) is 247 cm³/mol. The number of hydrogen-bond acceptors (Lipinski definition) is 3. The molecule has 0 saturated carbocycles. The molecule has 60 heavy (non-hydrogen) atoms. The summed E-state index contributed by atoms with van der Waals surface area (Å²) < 4.78 is 60.8. The summed E-state index contributed by atoms with van der Waals surface area (Å²) in [7, 11) is 0. The third-order valence-electron chi connectivity index (χ3n) is 10.9. The van der Waals surface area contributed by atoms with Gasteiger partial charge >= 0.3 is 0 Å². The molecule has 2 aromatic heterocycles. The standard InChI is InChI=1S/C55H54N3O.Pt/c1-35-18-16-21-37(28-35)38-26-27-56-47(32-38)40-29-39(30-41(31-40)53(2,3)4)44-23-17-25-49-50(44)57-52(45-33-42(54(5,6)7)34-46(51(45)59)55(8,9)10)58(49)48-24-15-14-22-43(48)36-19-12-11-13-20-36;/h11-28,30-34,59H,1-10H3;/q-1;/i1D3,16D,18D,21D,28D;. The molecular formula is C55H54N3OPt-. The van der Waals surface area contributed by atoms with Gasteiger partial charge in [0.25, 0.3) is 0 Å². The van der Waals surface area contributed by atoms with Crippen LogP contribution in [0.4, 0.5) is 0 Å². The van der Waals surface area contributed by atoms with Crippen LogP contribution in [0.5, 0.6) is 5.75 Å². The van der Waals surface area contributed by atoms with Gasteiger partial charge in [-0.1, -0.05) is 176 Å². The van der Waals surface area contributed by atoms with Gasteiger partial charge in [-0.05, 0) is 69.6 Å². The number of phenolic OH excluding ortho intramolecular Hbond substituents is 1. The molecule has 306 valence electrons. The molecule has 8 rings (SSSR count). The Morgan fingerprint density at radius 1 is 0.650 bits per heavy atom. The van der Waals surface area contributed by atoms with E-state index in [4.69, 9.17) is 19.6 Å². The summed E-state index contributed by atoms with van der Waals surface area (Å²) >= 11 is 0. The number of pyridine rings is 1. The van der Waals surface area contributed by atoms with Crippen molar-refractivity contribution in [3.8, 4) is 67.5 Å². The van der Waals surface area contributed by atoms with Gasteiger partial charge in [-0.25, -0.2) is 4.98 Å². The van der Waals surface area contributed by atoms with Crippen LogP contribution in [-0.4, -0.2) is 19.6 Å². The van der Waals surface area contributed by atoms with Crippen LogP contribution in [0.1, 0.15) is 94.2 Å². The smallest absolute Gasteiger partial charge is 0.148 e. The van der Waals surface area contributed by atoms with Crippen molar-refractivity contribution in [1.29, 1.82) is 0 Å². The number of hydrogen-bond donors (Lipinski definition) is 1. The number of aromatic hydroxyl groups is 1. The van der Waals surface area contributed by atoms with Crippen molar-refractivity contribution in [2.75, 3.05) is 0 Å². The molecule has 0 spiro atoms. The van der Waals surface area contributed by atoms with E-state index >= 15 is 0 Å². The van der Waals surface area contributed by atoms with Crippen LogP contribution in [0.2, 0.25) is 0 Å². The summed E-state index contributed by atoms with van der Waals surface area (Å²) in [6.07, 6.45) is 1.54. The molecule has 4 nitrogen and oxygen atoms in total. The molecule has 0 aliphatic carbocycles. The summed E-state index contributed by atoms with van der Waals surface area (Å²) in [5, 5.41) is 12.4. The molecular weight excluding hydrogens is 914 g/mol. The van der Waals surface area contributed by atoms with Crippen LogP contribution in [0, 0.1) is 12.9 Å². The molecule has 0 atom stereocenters. The molecule has 0 saturated heterocycles. The van der Waals surface area contributed by atoms with Gasteiger partial charge in [0.15, 0.2) is 0 Å². The van der Waals surface area contributed by atoms with Gasteiger partial charge in [0.1, 0.15) is 11.6 Å². The van der Waals surface area contributed by atoms with E-state index in [9.17, 15) is 5.11 Å². The van der Waals surface area contributed by atoms with E-state index in [1.807, 2.05) is 48.5 Å². The second-order valence-electron chi connectivity index (χ2n) is 18.4. The first-order valence-corrected chi connectivity index (χ1v) is 20.1. The van der Waals surface area contributed by atoms with Gasteiger partial charge in [-0.2, -0.15) is 0 Å². The van der Waals surface area contributed by atoms with Gasteiger partial charge < -0.3 is 5.11 Å².